The van der Waals surface area contributed by atoms with Crippen molar-refractivity contribution in [3.8, 4) is 0 Å². The van der Waals surface area contributed by atoms with Crippen molar-refractivity contribution in [2.45, 2.75) is 58.5 Å². The molecular weight excluding hydrogens is 276 g/mol. The molecule has 118 valence electrons. The third-order valence-corrected chi connectivity index (χ3v) is 7.07. The minimum Gasteiger partial charge on any atom is -0.395 e. The summed E-state index contributed by atoms with van der Waals surface area (Å²) < 4.78 is 29.1. The predicted molar refractivity (Wildman–Crippen MR) is 79.5 cm³/mol. The Labute approximate surface area is 123 Å². The van der Waals surface area contributed by atoms with E-state index in [0.717, 1.165) is 25.7 Å². The van der Waals surface area contributed by atoms with Crippen LogP contribution in [-0.4, -0.2) is 53.9 Å². The monoisotopic (exact) mass is 304 g/mol. The molecule has 6 heteroatoms. The highest BCUT2D eigenvalue weighted by Gasteiger charge is 2.42. The minimum absolute atomic E-state index is 0.0393. The molecule has 4 atom stereocenters. The second-order valence-corrected chi connectivity index (χ2v) is 8.41. The van der Waals surface area contributed by atoms with Gasteiger partial charge in [0.05, 0.1) is 6.61 Å². The lowest BCUT2D eigenvalue weighted by Crippen LogP contribution is -2.57. The molecule has 0 spiro atoms. The van der Waals surface area contributed by atoms with Crippen LogP contribution in [0, 0.1) is 11.8 Å². The summed E-state index contributed by atoms with van der Waals surface area (Å²) in [7, 11) is -3.45. The van der Waals surface area contributed by atoms with Gasteiger partial charge in [-0.05, 0) is 38.0 Å². The predicted octanol–water partition coefficient (Wildman–Crippen LogP) is 1.44. The molecule has 2 aliphatic rings. The van der Waals surface area contributed by atoms with Crippen LogP contribution in [0.3, 0.4) is 0 Å². The van der Waals surface area contributed by atoms with Gasteiger partial charge in [-0.1, -0.05) is 20.3 Å². The summed E-state index contributed by atoms with van der Waals surface area (Å²) in [6.07, 6.45) is 3.74. The Morgan fingerprint density at radius 1 is 1.15 bits per heavy atom. The number of piperidine rings is 2. The average molecular weight is 304 g/mol. The lowest BCUT2D eigenvalue weighted by atomic mass is 9.88. The number of nitrogens with zero attached hydrogens (tertiary/aromatic N) is 2. The van der Waals surface area contributed by atoms with E-state index in [1.807, 2.05) is 6.92 Å². The Kier molecular flexibility index (Phi) is 5.10. The van der Waals surface area contributed by atoms with Crippen LogP contribution in [0.15, 0.2) is 0 Å². The van der Waals surface area contributed by atoms with Gasteiger partial charge in [-0.3, -0.25) is 0 Å². The van der Waals surface area contributed by atoms with E-state index in [2.05, 4.69) is 13.8 Å². The fourth-order valence-corrected chi connectivity index (χ4v) is 5.81. The highest BCUT2D eigenvalue weighted by atomic mass is 32.2. The zero-order valence-corrected chi connectivity index (χ0v) is 13.6. The molecule has 2 fully saturated rings. The maximum atomic E-state index is 13.0. The van der Waals surface area contributed by atoms with Gasteiger partial charge in [-0.2, -0.15) is 17.0 Å². The Hall–Kier alpha value is -0.170. The first-order chi connectivity index (χ1) is 9.37. The standard InChI is InChI=1S/C14H28N2O3S/c1-11-8-12(2)13(3)16(9-11)20(18,19)15-7-5-4-6-14(15)10-17/h11-14,17H,4-10H2,1-3H3. The third-order valence-electron chi connectivity index (χ3n) is 4.92. The molecule has 2 saturated heterocycles. The lowest BCUT2D eigenvalue weighted by molar-refractivity contribution is 0.118. The molecule has 4 unspecified atom stereocenters. The molecule has 0 aromatic carbocycles. The topological polar surface area (TPSA) is 60.9 Å². The van der Waals surface area contributed by atoms with E-state index in [0.29, 0.717) is 24.9 Å². The lowest BCUT2D eigenvalue weighted by Gasteiger charge is -2.44. The highest BCUT2D eigenvalue weighted by Crippen LogP contribution is 2.32. The fourth-order valence-electron chi connectivity index (χ4n) is 3.56. The van der Waals surface area contributed by atoms with Crippen molar-refractivity contribution in [3.63, 3.8) is 0 Å². The van der Waals surface area contributed by atoms with Crippen LogP contribution < -0.4 is 0 Å². The Balaban J connectivity index is 2.23. The summed E-state index contributed by atoms with van der Waals surface area (Å²) in [6.45, 7) is 7.31. The Bertz CT molecular complexity index is 426. The molecule has 0 saturated carbocycles. The summed E-state index contributed by atoms with van der Waals surface area (Å²) in [6, 6.07) is -0.203. The van der Waals surface area contributed by atoms with E-state index in [4.69, 9.17) is 0 Å². The normalized spacial score (nSPS) is 38.0. The molecule has 2 heterocycles. The van der Waals surface area contributed by atoms with Gasteiger partial charge in [0, 0.05) is 25.2 Å². The summed E-state index contributed by atoms with van der Waals surface area (Å²) in [5.74, 6) is 0.777. The van der Waals surface area contributed by atoms with E-state index < -0.39 is 10.2 Å². The number of aliphatic hydroxyl groups excluding tert-OH is 1. The summed E-state index contributed by atoms with van der Waals surface area (Å²) >= 11 is 0. The van der Waals surface area contributed by atoms with Gasteiger partial charge in [-0.25, -0.2) is 0 Å². The van der Waals surface area contributed by atoms with Crippen LogP contribution in [0.4, 0.5) is 0 Å². The Morgan fingerprint density at radius 3 is 2.50 bits per heavy atom. The van der Waals surface area contributed by atoms with Gasteiger partial charge in [0.15, 0.2) is 0 Å². The van der Waals surface area contributed by atoms with Crippen molar-refractivity contribution in [1.29, 1.82) is 0 Å². The zero-order valence-electron chi connectivity index (χ0n) is 12.8. The summed E-state index contributed by atoms with van der Waals surface area (Å²) in [5.41, 5.74) is 0. The van der Waals surface area contributed by atoms with Gasteiger partial charge in [0.1, 0.15) is 0 Å². The van der Waals surface area contributed by atoms with Crippen molar-refractivity contribution in [2.75, 3.05) is 19.7 Å². The molecule has 0 aromatic heterocycles. The third kappa shape index (κ3) is 3.03. The van der Waals surface area contributed by atoms with E-state index >= 15 is 0 Å². The Morgan fingerprint density at radius 2 is 1.85 bits per heavy atom. The van der Waals surface area contributed by atoms with Crippen molar-refractivity contribution in [3.05, 3.63) is 0 Å². The fraction of sp³-hybridized carbons (Fsp3) is 1.00. The van der Waals surface area contributed by atoms with Gasteiger partial charge in [-0.15, -0.1) is 0 Å². The minimum atomic E-state index is -3.45. The van der Waals surface area contributed by atoms with Crippen LogP contribution in [0.2, 0.25) is 0 Å². The van der Waals surface area contributed by atoms with Gasteiger partial charge in [0.25, 0.3) is 10.2 Å². The molecular formula is C14H28N2O3S. The maximum Gasteiger partial charge on any atom is 0.282 e. The molecule has 20 heavy (non-hydrogen) atoms. The first-order valence-electron chi connectivity index (χ1n) is 7.77. The number of hydrogen-bond donors (Lipinski definition) is 1. The van der Waals surface area contributed by atoms with E-state index in [-0.39, 0.29) is 18.7 Å². The molecule has 1 N–H and O–H groups in total. The molecule has 0 amide bonds. The smallest absolute Gasteiger partial charge is 0.282 e. The van der Waals surface area contributed by atoms with Crippen LogP contribution in [0.1, 0.15) is 46.5 Å². The molecule has 2 rings (SSSR count). The first kappa shape index (κ1) is 16.2. The SMILES string of the molecule is CC1CC(C)C(C)N(S(=O)(=O)N2CCCCC2CO)C1. The van der Waals surface area contributed by atoms with E-state index in [1.165, 1.54) is 4.31 Å². The van der Waals surface area contributed by atoms with Gasteiger partial charge in [0.2, 0.25) is 0 Å². The number of aliphatic hydroxyl groups is 1. The van der Waals surface area contributed by atoms with Crippen molar-refractivity contribution < 1.29 is 13.5 Å². The van der Waals surface area contributed by atoms with Crippen molar-refractivity contribution in [2.24, 2.45) is 11.8 Å². The summed E-state index contributed by atoms with van der Waals surface area (Å²) in [5, 5.41) is 9.47. The zero-order chi connectivity index (χ0) is 14.9. The molecule has 2 aliphatic heterocycles. The van der Waals surface area contributed by atoms with Crippen LogP contribution in [0.25, 0.3) is 0 Å². The summed E-state index contributed by atoms with van der Waals surface area (Å²) in [4.78, 5) is 0. The van der Waals surface area contributed by atoms with Crippen molar-refractivity contribution >= 4 is 10.2 Å². The molecule has 0 radical (unpaired) electrons. The van der Waals surface area contributed by atoms with E-state index in [1.54, 1.807) is 4.31 Å². The van der Waals surface area contributed by atoms with E-state index in [9.17, 15) is 13.5 Å². The van der Waals surface area contributed by atoms with Crippen molar-refractivity contribution in [1.82, 2.24) is 8.61 Å². The molecule has 5 nitrogen and oxygen atoms in total. The number of rotatable bonds is 3. The average Bonchev–Trinajstić information content (AvgIpc) is 2.42. The second-order valence-electron chi connectivity index (χ2n) is 6.58. The molecule has 0 aliphatic carbocycles. The molecule has 0 bridgehead atoms. The first-order valence-corrected chi connectivity index (χ1v) is 9.17. The van der Waals surface area contributed by atoms with Crippen LogP contribution in [0.5, 0.6) is 0 Å². The van der Waals surface area contributed by atoms with Crippen LogP contribution >= 0.6 is 0 Å². The highest BCUT2D eigenvalue weighted by molar-refractivity contribution is 7.86. The number of hydrogen-bond acceptors (Lipinski definition) is 3. The maximum absolute atomic E-state index is 13.0. The van der Waals surface area contributed by atoms with Gasteiger partial charge < -0.3 is 5.11 Å². The second kappa shape index (κ2) is 6.30. The largest absolute Gasteiger partial charge is 0.395 e. The molecule has 0 aromatic rings. The van der Waals surface area contributed by atoms with Crippen LogP contribution in [-0.2, 0) is 10.2 Å². The van der Waals surface area contributed by atoms with Gasteiger partial charge >= 0.3 is 0 Å². The quantitative estimate of drug-likeness (QED) is 0.858.